The van der Waals surface area contributed by atoms with Crippen LogP contribution >= 0.6 is 0 Å². The Morgan fingerprint density at radius 1 is 1.15 bits per heavy atom. The predicted molar refractivity (Wildman–Crippen MR) is 110 cm³/mol. The molecule has 0 aliphatic rings. The van der Waals surface area contributed by atoms with Crippen molar-refractivity contribution in [3.05, 3.63) is 93.4 Å². The minimum absolute atomic E-state index is 0.223. The number of nitrogens with zero attached hydrogens (tertiary/aromatic N) is 1. The average molecular weight is 385 g/mol. The van der Waals surface area contributed by atoms with Crippen LogP contribution in [0.15, 0.2) is 71.1 Å². The van der Waals surface area contributed by atoms with Crippen molar-refractivity contribution >= 4 is 22.3 Å². The Morgan fingerprint density at radius 2 is 1.85 bits per heavy atom. The molecular formula is C21H23NO4S. The molecule has 0 unspecified atom stereocenters. The number of benzene rings is 1. The summed E-state index contributed by atoms with van der Waals surface area (Å²) in [6.45, 7) is 5.08. The lowest BCUT2D eigenvalue weighted by atomic mass is 10.1. The summed E-state index contributed by atoms with van der Waals surface area (Å²) in [6.07, 6.45) is 9.33. The van der Waals surface area contributed by atoms with Crippen LogP contribution in [-0.2, 0) is 10.1 Å². The second-order valence-corrected chi connectivity index (χ2v) is 7.87. The van der Waals surface area contributed by atoms with Gasteiger partial charge in [-0.05, 0) is 49.6 Å². The Balaban J connectivity index is 2.27. The number of aryl methyl sites for hydroxylation is 1. The van der Waals surface area contributed by atoms with Crippen molar-refractivity contribution in [1.82, 2.24) is 4.73 Å². The van der Waals surface area contributed by atoms with Gasteiger partial charge in [0.25, 0.3) is 5.56 Å². The Morgan fingerprint density at radius 3 is 2.52 bits per heavy atom. The highest BCUT2D eigenvalue weighted by Crippen LogP contribution is 2.09. The van der Waals surface area contributed by atoms with Crippen molar-refractivity contribution in [1.29, 1.82) is 0 Å². The summed E-state index contributed by atoms with van der Waals surface area (Å²) in [6, 6.07) is 12.9. The first-order valence-electron chi connectivity index (χ1n) is 8.55. The summed E-state index contributed by atoms with van der Waals surface area (Å²) in [7, 11) is -3.81. The molecule has 0 aliphatic heterocycles. The van der Waals surface area contributed by atoms with Gasteiger partial charge in [-0.2, -0.15) is 8.42 Å². The van der Waals surface area contributed by atoms with Gasteiger partial charge in [-0.15, -0.1) is 4.73 Å². The van der Waals surface area contributed by atoms with Gasteiger partial charge in [-0.1, -0.05) is 54.6 Å². The lowest BCUT2D eigenvalue weighted by Crippen LogP contribution is -2.33. The SMILES string of the molecule is CCS(=O)(=O)On1c(/C=C(C)/C=C/C=C/c2ccccc2)cc(C)cc1=O. The first-order valence-corrected chi connectivity index (χ1v) is 10.1. The lowest BCUT2D eigenvalue weighted by molar-refractivity contribution is 0.265. The quantitative estimate of drug-likeness (QED) is 0.683. The minimum Gasteiger partial charge on any atom is -0.284 e. The van der Waals surface area contributed by atoms with Crippen LogP contribution < -0.4 is 9.84 Å². The van der Waals surface area contributed by atoms with E-state index in [9.17, 15) is 13.2 Å². The van der Waals surface area contributed by atoms with Crippen LogP contribution in [0.4, 0.5) is 0 Å². The Hall–Kier alpha value is -2.86. The maximum absolute atomic E-state index is 12.2. The minimum atomic E-state index is -3.81. The van der Waals surface area contributed by atoms with Crippen molar-refractivity contribution in [3.63, 3.8) is 0 Å². The zero-order valence-corrected chi connectivity index (χ0v) is 16.4. The van der Waals surface area contributed by atoms with E-state index in [4.69, 9.17) is 4.28 Å². The topological polar surface area (TPSA) is 65.4 Å². The summed E-state index contributed by atoms with van der Waals surface area (Å²) in [5.74, 6) is -0.223. The van der Waals surface area contributed by atoms with Gasteiger partial charge >= 0.3 is 10.1 Å². The third kappa shape index (κ3) is 6.42. The number of aromatic nitrogens is 1. The van der Waals surface area contributed by atoms with E-state index in [-0.39, 0.29) is 5.75 Å². The molecular weight excluding hydrogens is 362 g/mol. The van der Waals surface area contributed by atoms with Crippen LogP contribution in [0.1, 0.15) is 30.7 Å². The molecule has 0 bridgehead atoms. The summed E-state index contributed by atoms with van der Waals surface area (Å²) >= 11 is 0. The second kappa shape index (κ2) is 9.19. The van der Waals surface area contributed by atoms with Crippen LogP contribution in [0, 0.1) is 6.92 Å². The third-order valence-corrected chi connectivity index (χ3v) is 4.72. The first-order chi connectivity index (χ1) is 12.8. The van der Waals surface area contributed by atoms with Gasteiger partial charge < -0.3 is 0 Å². The molecule has 0 amide bonds. The van der Waals surface area contributed by atoms with E-state index in [2.05, 4.69) is 0 Å². The highest BCUT2D eigenvalue weighted by Gasteiger charge is 2.13. The summed E-state index contributed by atoms with van der Waals surface area (Å²) < 4.78 is 29.3. The molecule has 0 aliphatic carbocycles. The van der Waals surface area contributed by atoms with Crippen molar-refractivity contribution in [3.8, 4) is 0 Å². The van der Waals surface area contributed by atoms with Crippen molar-refractivity contribution < 1.29 is 12.7 Å². The van der Waals surface area contributed by atoms with E-state index in [1.807, 2.05) is 61.6 Å². The largest absolute Gasteiger partial charge is 0.326 e. The molecule has 1 heterocycles. The maximum Gasteiger partial charge on any atom is 0.326 e. The van der Waals surface area contributed by atoms with E-state index >= 15 is 0 Å². The van der Waals surface area contributed by atoms with Crippen LogP contribution in [-0.4, -0.2) is 18.9 Å². The van der Waals surface area contributed by atoms with Gasteiger partial charge in [0.1, 0.15) is 0 Å². The van der Waals surface area contributed by atoms with Gasteiger partial charge in [0.15, 0.2) is 0 Å². The number of allylic oxidation sites excluding steroid dienone is 4. The van der Waals surface area contributed by atoms with Gasteiger partial charge in [0.05, 0.1) is 11.4 Å². The van der Waals surface area contributed by atoms with Gasteiger partial charge in [-0.25, -0.2) is 0 Å². The van der Waals surface area contributed by atoms with E-state index in [1.54, 1.807) is 19.1 Å². The molecule has 0 fully saturated rings. The normalized spacial score (nSPS) is 12.8. The van der Waals surface area contributed by atoms with Gasteiger partial charge in [-0.3, -0.25) is 9.08 Å². The summed E-state index contributed by atoms with van der Waals surface area (Å²) in [5.41, 5.74) is 2.49. The molecule has 0 spiro atoms. The molecule has 0 saturated heterocycles. The van der Waals surface area contributed by atoms with E-state index in [0.29, 0.717) is 5.69 Å². The number of hydrogen-bond acceptors (Lipinski definition) is 4. The predicted octanol–water partition coefficient (Wildman–Crippen LogP) is 3.61. The molecule has 142 valence electrons. The van der Waals surface area contributed by atoms with E-state index < -0.39 is 15.7 Å². The smallest absolute Gasteiger partial charge is 0.284 e. The first kappa shape index (κ1) is 20.5. The molecule has 5 nitrogen and oxygen atoms in total. The van der Waals surface area contributed by atoms with Crippen LogP contribution in [0.25, 0.3) is 12.2 Å². The standard InChI is InChI=1S/C21H23NO4S/c1-4-27(24,25)26-22-20(15-18(3)16-21(22)23)14-17(2)10-8-9-13-19-11-6-5-7-12-19/h5-16H,4H2,1-3H3/b10-8+,13-9+,17-14+. The van der Waals surface area contributed by atoms with Crippen LogP contribution in [0.3, 0.4) is 0 Å². The molecule has 1 aromatic heterocycles. The number of pyridine rings is 1. The molecule has 0 atom stereocenters. The van der Waals surface area contributed by atoms with Gasteiger partial charge in [0.2, 0.25) is 0 Å². The van der Waals surface area contributed by atoms with Crippen molar-refractivity contribution in [2.24, 2.45) is 0 Å². The zero-order valence-electron chi connectivity index (χ0n) is 15.6. The van der Waals surface area contributed by atoms with Gasteiger partial charge in [0, 0.05) is 6.07 Å². The molecule has 1 aromatic carbocycles. The van der Waals surface area contributed by atoms with Crippen molar-refractivity contribution in [2.45, 2.75) is 20.8 Å². The third-order valence-electron chi connectivity index (χ3n) is 3.64. The number of rotatable bonds is 7. The molecule has 2 aromatic rings. The fourth-order valence-corrected chi connectivity index (χ4v) is 2.77. The molecule has 0 radical (unpaired) electrons. The van der Waals surface area contributed by atoms with E-state index in [1.165, 1.54) is 13.0 Å². The highest BCUT2D eigenvalue weighted by atomic mass is 32.2. The Kier molecular flexibility index (Phi) is 6.96. The van der Waals surface area contributed by atoms with Crippen LogP contribution in [0.5, 0.6) is 0 Å². The van der Waals surface area contributed by atoms with E-state index in [0.717, 1.165) is 21.4 Å². The number of hydrogen-bond donors (Lipinski definition) is 0. The van der Waals surface area contributed by atoms with Crippen LogP contribution in [0.2, 0.25) is 0 Å². The lowest BCUT2D eigenvalue weighted by Gasteiger charge is -2.11. The monoisotopic (exact) mass is 385 g/mol. The fourth-order valence-electron chi connectivity index (χ4n) is 2.28. The van der Waals surface area contributed by atoms with Crippen molar-refractivity contribution in [2.75, 3.05) is 5.75 Å². The second-order valence-electron chi connectivity index (χ2n) is 6.03. The Labute approximate surface area is 160 Å². The zero-order chi connectivity index (χ0) is 19.9. The molecule has 0 N–H and O–H groups in total. The molecule has 27 heavy (non-hydrogen) atoms. The molecule has 6 heteroatoms. The molecule has 2 rings (SSSR count). The highest BCUT2D eigenvalue weighted by molar-refractivity contribution is 7.86. The fraction of sp³-hybridized carbons (Fsp3) is 0.190. The molecule has 0 saturated carbocycles. The summed E-state index contributed by atoms with van der Waals surface area (Å²) in [4.78, 5) is 12.2. The summed E-state index contributed by atoms with van der Waals surface area (Å²) in [5, 5.41) is 0. The average Bonchev–Trinajstić information content (AvgIpc) is 2.62. The maximum atomic E-state index is 12.2. The Bertz CT molecular complexity index is 1030.